The number of ether oxygens (including phenoxy) is 4. The van der Waals surface area contributed by atoms with E-state index in [1.165, 1.54) is 97.8 Å². The van der Waals surface area contributed by atoms with Gasteiger partial charge in [0.1, 0.15) is 35.9 Å². The quantitative estimate of drug-likeness (QED) is 0.0417. The minimum absolute atomic E-state index is 0.0802. The maximum atomic E-state index is 11.5. The van der Waals surface area contributed by atoms with Crippen LogP contribution >= 0.6 is 0 Å². The number of fused-ring (bicyclic) bond motifs is 6. The van der Waals surface area contributed by atoms with Crippen LogP contribution in [-0.4, -0.2) is 48.7 Å². The Bertz CT molecular complexity index is 2310. The van der Waals surface area contributed by atoms with Gasteiger partial charge in [-0.25, -0.2) is 0 Å². The van der Waals surface area contributed by atoms with E-state index in [4.69, 9.17) is 18.9 Å². The average molecular weight is 865 g/mol. The number of ketones is 2. The molecule has 2 heterocycles. The smallest absolute Gasteiger partial charge is 0.160 e. The van der Waals surface area contributed by atoms with Gasteiger partial charge in [0.25, 0.3) is 0 Å². The molecule has 0 bridgehead atoms. The van der Waals surface area contributed by atoms with E-state index >= 15 is 0 Å². The molecule has 64 heavy (non-hydrogen) atoms. The lowest BCUT2D eigenvalue weighted by molar-refractivity contribution is 0.100. The number of epoxide rings is 2. The van der Waals surface area contributed by atoms with Gasteiger partial charge in [-0.3, -0.25) is 9.59 Å². The maximum Gasteiger partial charge on any atom is 0.160 e. The van der Waals surface area contributed by atoms with Crippen LogP contribution in [0.5, 0.6) is 11.5 Å². The van der Waals surface area contributed by atoms with Gasteiger partial charge in [0.05, 0.1) is 12.7 Å². The summed E-state index contributed by atoms with van der Waals surface area (Å²) in [6.45, 7) is 25.7. The second-order valence-electron chi connectivity index (χ2n) is 18.5. The van der Waals surface area contributed by atoms with Crippen molar-refractivity contribution in [3.05, 3.63) is 129 Å². The van der Waals surface area contributed by atoms with E-state index < -0.39 is 0 Å². The molecular weight excluding hydrogens is 793 g/mol. The minimum atomic E-state index is 0.0802. The third-order valence-electron chi connectivity index (χ3n) is 13.3. The lowest BCUT2D eigenvalue weighted by atomic mass is 9.88. The summed E-state index contributed by atoms with van der Waals surface area (Å²) in [6.07, 6.45) is 10.3. The van der Waals surface area contributed by atoms with E-state index in [1.54, 1.807) is 13.8 Å². The van der Waals surface area contributed by atoms with Crippen LogP contribution in [0.2, 0.25) is 0 Å². The Labute approximate surface area is 383 Å². The van der Waals surface area contributed by atoms with Crippen molar-refractivity contribution in [2.24, 2.45) is 0 Å². The first-order chi connectivity index (χ1) is 30.6. The van der Waals surface area contributed by atoms with Crippen molar-refractivity contribution in [2.45, 2.75) is 165 Å². The normalized spacial score (nSPS) is 17.2. The molecule has 2 fully saturated rings. The van der Waals surface area contributed by atoms with E-state index in [1.807, 2.05) is 49.4 Å². The standard InChI is InChI=1S/C24H24.C18H26O3.C16H22O3/c1-13-7-19-20(8-14(13)2)22-10-16(4)18(6)12-24(22)23-11-17(5)15(3)9-21(19)23;1-5-6-7-8-17(18-14(4)20-18)21-15-9-10-16(13(3)19)12(2)11-15;1-3-4-5-6-15(16-11-18-16)19-14-9-7-13(8-10-14)12(2)17/h7-12H,1-6H3;9-11,14,17-18H,5-8H2,1-4H3;7-10,15-16H,3-6,11H2,1-2H3. The third kappa shape index (κ3) is 12.2. The number of hydrogen-bond acceptors (Lipinski definition) is 6. The molecule has 5 atom stereocenters. The molecule has 6 nitrogen and oxygen atoms in total. The molecule has 0 aromatic heterocycles. The number of benzene rings is 6. The molecule has 5 unspecified atom stereocenters. The first-order valence-corrected chi connectivity index (χ1v) is 23.8. The van der Waals surface area contributed by atoms with Crippen LogP contribution in [0.15, 0.2) is 78.9 Å². The van der Waals surface area contributed by atoms with Crippen molar-refractivity contribution in [3.8, 4) is 11.5 Å². The fourth-order valence-corrected chi connectivity index (χ4v) is 8.67. The van der Waals surface area contributed by atoms with E-state index in [0.717, 1.165) is 54.1 Å². The molecular formula is C58H72O6. The second kappa shape index (κ2) is 21.8. The Morgan fingerprint density at radius 3 is 1.28 bits per heavy atom. The molecule has 2 aliphatic rings. The summed E-state index contributed by atoms with van der Waals surface area (Å²) in [6, 6.07) is 27.3. The number of hydrogen-bond donors (Lipinski definition) is 0. The first kappa shape index (κ1) is 48.4. The Hall–Kier alpha value is -5.04. The SMILES string of the molecule is CCCCCC(Oc1ccc(C(C)=O)c(C)c1)C1OC1C.CCCCCC(Oc1ccc(C(C)=O)cc1)C1CO1.Cc1cc2c3cc(C)c(C)cc3c3cc(C)c(C)cc3c2cc1C. The van der Waals surface area contributed by atoms with Crippen molar-refractivity contribution in [1.29, 1.82) is 0 Å². The van der Waals surface area contributed by atoms with Crippen LogP contribution in [0.1, 0.15) is 146 Å². The minimum Gasteiger partial charge on any atom is -0.488 e. The number of carbonyl (C=O) groups is 2. The van der Waals surface area contributed by atoms with E-state index in [2.05, 4.69) is 98.7 Å². The number of aryl methyl sites for hydroxylation is 7. The van der Waals surface area contributed by atoms with Gasteiger partial charge in [-0.2, -0.15) is 0 Å². The summed E-state index contributed by atoms with van der Waals surface area (Å²) in [4.78, 5) is 22.7. The second-order valence-corrected chi connectivity index (χ2v) is 18.5. The largest absolute Gasteiger partial charge is 0.488 e. The van der Waals surface area contributed by atoms with Gasteiger partial charge in [-0.05, 0) is 209 Å². The highest BCUT2D eigenvalue weighted by molar-refractivity contribution is 6.26. The van der Waals surface area contributed by atoms with Crippen molar-refractivity contribution in [2.75, 3.05) is 6.61 Å². The zero-order chi connectivity index (χ0) is 46.2. The molecule has 340 valence electrons. The van der Waals surface area contributed by atoms with Gasteiger partial charge in [0.2, 0.25) is 0 Å². The number of rotatable bonds is 16. The number of carbonyl (C=O) groups excluding carboxylic acids is 2. The number of unbranched alkanes of at least 4 members (excludes halogenated alkanes) is 4. The topological polar surface area (TPSA) is 77.7 Å². The summed E-state index contributed by atoms with van der Waals surface area (Å²) in [5.41, 5.74) is 10.6. The molecule has 0 amide bonds. The van der Waals surface area contributed by atoms with Crippen molar-refractivity contribution < 1.29 is 28.5 Å². The molecule has 0 saturated carbocycles. The highest BCUT2D eigenvalue weighted by Gasteiger charge is 2.42. The van der Waals surface area contributed by atoms with Gasteiger partial charge >= 0.3 is 0 Å². The predicted octanol–water partition coefficient (Wildman–Crippen LogP) is 14.9. The van der Waals surface area contributed by atoms with Crippen molar-refractivity contribution in [1.82, 2.24) is 0 Å². The van der Waals surface area contributed by atoms with Gasteiger partial charge in [0.15, 0.2) is 11.6 Å². The summed E-state index contributed by atoms with van der Waals surface area (Å²) >= 11 is 0. The molecule has 2 saturated heterocycles. The lowest BCUT2D eigenvalue weighted by Crippen LogP contribution is -2.24. The average Bonchev–Trinajstić information content (AvgIpc) is 4.21. The lowest BCUT2D eigenvalue weighted by Gasteiger charge is -2.18. The molecule has 0 N–H and O–H groups in total. The highest BCUT2D eigenvalue weighted by atomic mass is 16.6. The van der Waals surface area contributed by atoms with Crippen LogP contribution in [0.4, 0.5) is 0 Å². The van der Waals surface area contributed by atoms with Crippen LogP contribution in [0.3, 0.4) is 0 Å². The van der Waals surface area contributed by atoms with Crippen LogP contribution < -0.4 is 9.47 Å². The molecule has 0 aliphatic carbocycles. The Morgan fingerprint density at radius 1 is 0.547 bits per heavy atom. The summed E-state index contributed by atoms with van der Waals surface area (Å²) in [7, 11) is 0. The van der Waals surface area contributed by atoms with Crippen LogP contribution in [0, 0.1) is 48.5 Å². The zero-order valence-electron chi connectivity index (χ0n) is 40.7. The summed E-state index contributed by atoms with van der Waals surface area (Å²) in [5, 5.41) is 8.29. The van der Waals surface area contributed by atoms with E-state index in [-0.39, 0.29) is 36.0 Å². The van der Waals surface area contributed by atoms with Gasteiger partial charge in [0, 0.05) is 11.1 Å². The van der Waals surface area contributed by atoms with Crippen molar-refractivity contribution in [3.63, 3.8) is 0 Å². The molecule has 6 heteroatoms. The van der Waals surface area contributed by atoms with E-state index in [9.17, 15) is 9.59 Å². The predicted molar refractivity (Wildman–Crippen MR) is 266 cm³/mol. The molecule has 6 aromatic rings. The summed E-state index contributed by atoms with van der Waals surface area (Å²) in [5.74, 6) is 1.83. The maximum absolute atomic E-state index is 11.5. The Kier molecular flexibility index (Phi) is 16.5. The zero-order valence-corrected chi connectivity index (χ0v) is 40.7. The fourth-order valence-electron chi connectivity index (χ4n) is 8.67. The Morgan fingerprint density at radius 2 is 0.938 bits per heavy atom. The van der Waals surface area contributed by atoms with Crippen molar-refractivity contribution >= 4 is 43.9 Å². The first-order valence-electron chi connectivity index (χ1n) is 23.8. The summed E-state index contributed by atoms with van der Waals surface area (Å²) < 4.78 is 23.1. The van der Waals surface area contributed by atoms with Crippen LogP contribution in [-0.2, 0) is 9.47 Å². The third-order valence-corrected chi connectivity index (χ3v) is 13.3. The molecule has 2 aliphatic heterocycles. The Balaban J connectivity index is 0.000000161. The van der Waals surface area contributed by atoms with E-state index in [0.29, 0.717) is 6.10 Å². The highest BCUT2D eigenvalue weighted by Crippen LogP contribution is 2.39. The molecule has 6 aromatic carbocycles. The monoisotopic (exact) mass is 865 g/mol. The fraction of sp³-hybridized carbons (Fsp3) is 0.448. The molecule has 0 spiro atoms. The van der Waals surface area contributed by atoms with Gasteiger partial charge in [-0.15, -0.1) is 0 Å². The van der Waals surface area contributed by atoms with Gasteiger partial charge < -0.3 is 18.9 Å². The van der Waals surface area contributed by atoms with Crippen LogP contribution in [0.25, 0.3) is 32.3 Å². The molecule has 0 radical (unpaired) electrons. The molecule has 8 rings (SSSR count). The number of Topliss-reactive ketones (excluding diaryl/α,β-unsaturated/α-hetero) is 2. The van der Waals surface area contributed by atoms with Gasteiger partial charge in [-0.1, -0.05) is 75.9 Å².